The lowest BCUT2D eigenvalue weighted by atomic mass is 10.2. The monoisotopic (exact) mass is 341 g/mol. The summed E-state index contributed by atoms with van der Waals surface area (Å²) in [5.74, 6) is 0. The van der Waals surface area contributed by atoms with Crippen LogP contribution in [0.15, 0.2) is 33.8 Å². The van der Waals surface area contributed by atoms with Crippen molar-refractivity contribution in [1.82, 2.24) is 10.7 Å². The Morgan fingerprint density at radius 2 is 2.37 bits per heavy atom. The maximum absolute atomic E-state index is 5.50. The van der Waals surface area contributed by atoms with Gasteiger partial charge in [-0.3, -0.25) is 5.43 Å². The molecule has 1 saturated heterocycles. The summed E-state index contributed by atoms with van der Waals surface area (Å²) in [6.45, 7) is 1.59. The first-order chi connectivity index (χ1) is 9.25. The SMILES string of the molecule is S=C(NCC1CCCO1)NN=Cc1ccccc1Br. The highest BCUT2D eigenvalue weighted by molar-refractivity contribution is 9.10. The number of hydrazone groups is 1. The molecular formula is C13H16BrN3OS. The summed E-state index contributed by atoms with van der Waals surface area (Å²) in [5.41, 5.74) is 3.79. The Labute approximate surface area is 126 Å². The molecule has 1 unspecified atom stereocenters. The quantitative estimate of drug-likeness (QED) is 0.501. The van der Waals surface area contributed by atoms with Gasteiger partial charge >= 0.3 is 0 Å². The Kier molecular flexibility index (Phi) is 5.75. The van der Waals surface area contributed by atoms with Crippen LogP contribution in [-0.2, 0) is 4.74 Å². The van der Waals surface area contributed by atoms with Crippen LogP contribution in [0.25, 0.3) is 0 Å². The molecule has 0 amide bonds. The van der Waals surface area contributed by atoms with Crippen molar-refractivity contribution in [2.75, 3.05) is 13.2 Å². The van der Waals surface area contributed by atoms with Gasteiger partial charge in [-0.15, -0.1) is 0 Å². The molecule has 1 fully saturated rings. The van der Waals surface area contributed by atoms with Crippen LogP contribution in [0, 0.1) is 0 Å². The molecule has 1 aromatic carbocycles. The topological polar surface area (TPSA) is 45.6 Å². The highest BCUT2D eigenvalue weighted by atomic mass is 79.9. The van der Waals surface area contributed by atoms with E-state index in [0.717, 1.165) is 36.0 Å². The normalized spacial score (nSPS) is 18.7. The fourth-order valence-corrected chi connectivity index (χ4v) is 2.31. The smallest absolute Gasteiger partial charge is 0.187 e. The van der Waals surface area contributed by atoms with Crippen LogP contribution in [0.3, 0.4) is 0 Å². The van der Waals surface area contributed by atoms with Gasteiger partial charge in [0.05, 0.1) is 12.3 Å². The molecular weight excluding hydrogens is 326 g/mol. The van der Waals surface area contributed by atoms with Gasteiger partial charge in [0.15, 0.2) is 5.11 Å². The summed E-state index contributed by atoms with van der Waals surface area (Å²) >= 11 is 8.59. The van der Waals surface area contributed by atoms with E-state index >= 15 is 0 Å². The van der Waals surface area contributed by atoms with Crippen molar-refractivity contribution in [1.29, 1.82) is 0 Å². The first-order valence-corrected chi connectivity index (χ1v) is 7.39. The van der Waals surface area contributed by atoms with E-state index in [-0.39, 0.29) is 6.10 Å². The third kappa shape index (κ3) is 4.89. The molecule has 1 aliphatic heterocycles. The average Bonchev–Trinajstić information content (AvgIpc) is 2.92. The molecule has 1 heterocycles. The minimum atomic E-state index is 0.270. The van der Waals surface area contributed by atoms with Crippen molar-refractivity contribution in [2.24, 2.45) is 5.10 Å². The van der Waals surface area contributed by atoms with Crippen LogP contribution in [0.2, 0.25) is 0 Å². The third-order valence-electron chi connectivity index (χ3n) is 2.79. The first kappa shape index (κ1) is 14.4. The largest absolute Gasteiger partial charge is 0.376 e. The van der Waals surface area contributed by atoms with Gasteiger partial charge < -0.3 is 10.1 Å². The Hall–Kier alpha value is -0.980. The lowest BCUT2D eigenvalue weighted by molar-refractivity contribution is 0.114. The summed E-state index contributed by atoms with van der Waals surface area (Å²) in [5, 5.41) is 7.71. The highest BCUT2D eigenvalue weighted by Crippen LogP contribution is 2.13. The van der Waals surface area contributed by atoms with Gasteiger partial charge in [-0.1, -0.05) is 34.1 Å². The lowest BCUT2D eigenvalue weighted by Crippen LogP contribution is -2.37. The van der Waals surface area contributed by atoms with Gasteiger partial charge in [-0.25, -0.2) is 0 Å². The molecule has 1 aliphatic rings. The molecule has 0 spiro atoms. The van der Waals surface area contributed by atoms with Crippen molar-refractivity contribution in [3.63, 3.8) is 0 Å². The van der Waals surface area contributed by atoms with Crippen molar-refractivity contribution in [2.45, 2.75) is 18.9 Å². The van der Waals surface area contributed by atoms with E-state index in [1.54, 1.807) is 6.21 Å². The second kappa shape index (κ2) is 7.57. The maximum atomic E-state index is 5.50. The van der Waals surface area contributed by atoms with Crippen LogP contribution in [-0.4, -0.2) is 30.6 Å². The van der Waals surface area contributed by atoms with Crippen LogP contribution < -0.4 is 10.7 Å². The zero-order chi connectivity index (χ0) is 13.5. The maximum Gasteiger partial charge on any atom is 0.187 e. The average molecular weight is 342 g/mol. The molecule has 19 heavy (non-hydrogen) atoms. The molecule has 6 heteroatoms. The van der Waals surface area contributed by atoms with E-state index in [2.05, 4.69) is 31.8 Å². The molecule has 2 rings (SSSR count). The van der Waals surface area contributed by atoms with E-state index in [4.69, 9.17) is 17.0 Å². The second-order valence-electron chi connectivity index (χ2n) is 4.24. The third-order valence-corrected chi connectivity index (χ3v) is 3.75. The number of thiocarbonyl (C=S) groups is 1. The fourth-order valence-electron chi connectivity index (χ4n) is 1.79. The predicted molar refractivity (Wildman–Crippen MR) is 84.4 cm³/mol. The molecule has 0 bridgehead atoms. The highest BCUT2D eigenvalue weighted by Gasteiger charge is 2.14. The van der Waals surface area contributed by atoms with E-state index < -0.39 is 0 Å². The lowest BCUT2D eigenvalue weighted by Gasteiger charge is -2.11. The van der Waals surface area contributed by atoms with Crippen LogP contribution >= 0.6 is 28.1 Å². The summed E-state index contributed by atoms with van der Waals surface area (Å²) in [6.07, 6.45) is 4.22. The number of nitrogens with zero attached hydrogens (tertiary/aromatic N) is 1. The van der Waals surface area contributed by atoms with E-state index in [1.165, 1.54) is 0 Å². The Morgan fingerprint density at radius 1 is 1.53 bits per heavy atom. The molecule has 4 nitrogen and oxygen atoms in total. The van der Waals surface area contributed by atoms with Gasteiger partial charge in [-0.05, 0) is 31.1 Å². The number of ether oxygens (including phenoxy) is 1. The molecule has 0 aliphatic carbocycles. The summed E-state index contributed by atoms with van der Waals surface area (Å²) in [4.78, 5) is 0. The van der Waals surface area contributed by atoms with Gasteiger partial charge in [0.1, 0.15) is 0 Å². The van der Waals surface area contributed by atoms with Gasteiger partial charge in [0.25, 0.3) is 0 Å². The molecule has 1 atom stereocenters. The number of rotatable bonds is 4. The summed E-state index contributed by atoms with van der Waals surface area (Å²) < 4.78 is 6.50. The number of nitrogens with one attached hydrogen (secondary N) is 2. The zero-order valence-corrected chi connectivity index (χ0v) is 12.8. The molecule has 0 radical (unpaired) electrons. The van der Waals surface area contributed by atoms with Crippen LogP contribution in [0.5, 0.6) is 0 Å². The van der Waals surface area contributed by atoms with E-state index in [9.17, 15) is 0 Å². The van der Waals surface area contributed by atoms with Crippen molar-refractivity contribution >= 4 is 39.5 Å². The van der Waals surface area contributed by atoms with Crippen LogP contribution in [0.1, 0.15) is 18.4 Å². The molecule has 0 aromatic heterocycles. The Morgan fingerprint density at radius 3 is 3.11 bits per heavy atom. The standard InChI is InChI=1S/C13H16BrN3OS/c14-12-6-2-1-4-10(12)8-16-17-13(19)15-9-11-5-3-7-18-11/h1-2,4,6,8,11H,3,5,7,9H2,(H2,15,17,19). The summed E-state index contributed by atoms with van der Waals surface area (Å²) in [7, 11) is 0. The molecule has 2 N–H and O–H groups in total. The second-order valence-corrected chi connectivity index (χ2v) is 5.50. The predicted octanol–water partition coefficient (Wildman–Crippen LogP) is 2.43. The molecule has 102 valence electrons. The minimum Gasteiger partial charge on any atom is -0.376 e. The van der Waals surface area contributed by atoms with Gasteiger partial charge in [0.2, 0.25) is 0 Å². The van der Waals surface area contributed by atoms with Gasteiger partial charge in [0, 0.05) is 23.2 Å². The number of hydrogen-bond donors (Lipinski definition) is 2. The van der Waals surface area contributed by atoms with Crippen molar-refractivity contribution in [3.8, 4) is 0 Å². The Balaban J connectivity index is 1.72. The number of benzene rings is 1. The van der Waals surface area contributed by atoms with Crippen LogP contribution in [0.4, 0.5) is 0 Å². The van der Waals surface area contributed by atoms with E-state index in [0.29, 0.717) is 5.11 Å². The number of hydrogen-bond acceptors (Lipinski definition) is 3. The minimum absolute atomic E-state index is 0.270. The fraction of sp³-hybridized carbons (Fsp3) is 0.385. The summed E-state index contributed by atoms with van der Waals surface area (Å²) in [6, 6.07) is 7.86. The molecule has 0 saturated carbocycles. The zero-order valence-electron chi connectivity index (χ0n) is 10.4. The molecule has 1 aromatic rings. The van der Waals surface area contributed by atoms with E-state index in [1.807, 2.05) is 24.3 Å². The number of halogens is 1. The van der Waals surface area contributed by atoms with Crippen molar-refractivity contribution in [3.05, 3.63) is 34.3 Å². The van der Waals surface area contributed by atoms with Crippen molar-refractivity contribution < 1.29 is 4.74 Å². The first-order valence-electron chi connectivity index (χ1n) is 6.19. The Bertz CT molecular complexity index is 461. The van der Waals surface area contributed by atoms with Gasteiger partial charge in [-0.2, -0.15) is 5.10 Å².